The summed E-state index contributed by atoms with van der Waals surface area (Å²) in [6.07, 6.45) is 0. The van der Waals surface area contributed by atoms with Gasteiger partial charge in [-0.2, -0.15) is 0 Å². The molecule has 17 heavy (non-hydrogen) atoms. The number of aryl methyl sites for hydroxylation is 1. The lowest BCUT2D eigenvalue weighted by Gasteiger charge is -2.21. The van der Waals surface area contributed by atoms with Crippen molar-refractivity contribution in [3.63, 3.8) is 0 Å². The lowest BCUT2D eigenvalue weighted by molar-refractivity contribution is -0.138. The molecule has 0 atom stereocenters. The predicted molar refractivity (Wildman–Crippen MR) is 70.4 cm³/mol. The van der Waals surface area contributed by atoms with Gasteiger partial charge in [0.25, 0.3) is 0 Å². The summed E-state index contributed by atoms with van der Waals surface area (Å²) in [4.78, 5) is 11.1. The average Bonchev–Trinajstić information content (AvgIpc) is 2.26. The van der Waals surface area contributed by atoms with Crippen LogP contribution in [0.2, 0.25) is 0 Å². The number of carbonyl (C=O) groups excluding carboxylic acids is 1. The molecule has 1 rings (SSSR count). The van der Waals surface area contributed by atoms with E-state index in [1.807, 2.05) is 6.92 Å². The van der Waals surface area contributed by atoms with Gasteiger partial charge in [-0.15, -0.1) is 0 Å². The summed E-state index contributed by atoms with van der Waals surface area (Å²) in [6, 6.07) is 6.29. The van der Waals surface area contributed by atoms with E-state index in [0.29, 0.717) is 0 Å². The van der Waals surface area contributed by atoms with E-state index in [2.05, 4.69) is 49.0 Å². The second kappa shape index (κ2) is 5.21. The number of nitrogens with one attached hydrogen (secondary N) is 1. The molecule has 0 fully saturated rings. The number of carbonyl (C=O) groups is 1. The van der Waals surface area contributed by atoms with Gasteiger partial charge in [0.05, 0.1) is 7.11 Å². The molecule has 1 aromatic carbocycles. The molecule has 0 aromatic heterocycles. The molecule has 94 valence electrons. The molecule has 0 aliphatic carbocycles. The first-order valence-corrected chi connectivity index (χ1v) is 5.76. The molecule has 0 heterocycles. The second-order valence-corrected chi connectivity index (χ2v) is 5.21. The fourth-order valence-electron chi connectivity index (χ4n) is 1.52. The van der Waals surface area contributed by atoms with Crippen LogP contribution in [-0.2, 0) is 14.9 Å². The smallest absolute Gasteiger partial charge is 0.325 e. The van der Waals surface area contributed by atoms with Crippen molar-refractivity contribution >= 4 is 11.7 Å². The molecule has 1 aromatic rings. The van der Waals surface area contributed by atoms with Crippen LogP contribution in [0.5, 0.6) is 0 Å². The van der Waals surface area contributed by atoms with Crippen LogP contribution in [0.4, 0.5) is 5.69 Å². The maximum Gasteiger partial charge on any atom is 0.325 e. The highest BCUT2D eigenvalue weighted by Crippen LogP contribution is 2.26. The fraction of sp³-hybridized carbons (Fsp3) is 0.500. The average molecular weight is 235 g/mol. The maximum atomic E-state index is 11.1. The summed E-state index contributed by atoms with van der Waals surface area (Å²) < 4.78 is 4.61. The summed E-state index contributed by atoms with van der Waals surface area (Å²) >= 11 is 0. The van der Waals surface area contributed by atoms with Crippen LogP contribution in [0.15, 0.2) is 18.2 Å². The summed E-state index contributed by atoms with van der Waals surface area (Å²) in [7, 11) is 1.39. The van der Waals surface area contributed by atoms with Gasteiger partial charge in [-0.05, 0) is 29.5 Å². The molecule has 3 nitrogen and oxygen atoms in total. The van der Waals surface area contributed by atoms with Crippen LogP contribution >= 0.6 is 0 Å². The molecule has 0 aliphatic heterocycles. The molecule has 0 radical (unpaired) electrons. The first-order chi connectivity index (χ1) is 7.84. The summed E-state index contributed by atoms with van der Waals surface area (Å²) in [5.74, 6) is -0.259. The minimum absolute atomic E-state index is 0.107. The van der Waals surface area contributed by atoms with Crippen molar-refractivity contribution in [3.8, 4) is 0 Å². The van der Waals surface area contributed by atoms with Gasteiger partial charge in [-0.25, -0.2) is 0 Å². The molecule has 0 spiro atoms. The number of hydrogen-bond donors (Lipinski definition) is 1. The van der Waals surface area contributed by atoms with Crippen LogP contribution in [0.25, 0.3) is 0 Å². The van der Waals surface area contributed by atoms with Crippen molar-refractivity contribution < 1.29 is 9.53 Å². The molecule has 1 N–H and O–H groups in total. The number of anilines is 1. The van der Waals surface area contributed by atoms with Crippen LogP contribution in [-0.4, -0.2) is 19.6 Å². The first-order valence-electron chi connectivity index (χ1n) is 5.76. The summed E-state index contributed by atoms with van der Waals surface area (Å²) in [6.45, 7) is 8.72. The highest BCUT2D eigenvalue weighted by Gasteiger charge is 2.14. The van der Waals surface area contributed by atoms with Crippen molar-refractivity contribution in [2.24, 2.45) is 0 Å². The Labute approximate surface area is 103 Å². The Balaban J connectivity index is 2.88. The maximum absolute atomic E-state index is 11.1. The number of rotatable bonds is 3. The van der Waals surface area contributed by atoms with E-state index in [0.717, 1.165) is 11.3 Å². The van der Waals surface area contributed by atoms with Crippen LogP contribution in [0, 0.1) is 6.92 Å². The summed E-state index contributed by atoms with van der Waals surface area (Å²) in [5, 5.41) is 3.10. The van der Waals surface area contributed by atoms with Crippen LogP contribution in [0.1, 0.15) is 31.9 Å². The van der Waals surface area contributed by atoms with Gasteiger partial charge in [0, 0.05) is 5.69 Å². The molecule has 3 heteroatoms. The zero-order valence-electron chi connectivity index (χ0n) is 11.3. The lowest BCUT2D eigenvalue weighted by atomic mass is 9.86. The van der Waals surface area contributed by atoms with E-state index in [4.69, 9.17) is 0 Å². The molecule has 0 bridgehead atoms. The Morgan fingerprint density at radius 2 is 2.00 bits per heavy atom. The van der Waals surface area contributed by atoms with E-state index < -0.39 is 0 Å². The van der Waals surface area contributed by atoms with E-state index in [1.165, 1.54) is 12.7 Å². The third-order valence-electron chi connectivity index (χ3n) is 2.75. The Kier molecular flexibility index (Phi) is 4.16. The lowest BCUT2D eigenvalue weighted by Crippen LogP contribution is -2.17. The molecule has 0 unspecified atom stereocenters. The molecule has 0 saturated heterocycles. The van der Waals surface area contributed by atoms with E-state index in [-0.39, 0.29) is 17.9 Å². The van der Waals surface area contributed by atoms with E-state index >= 15 is 0 Å². The third-order valence-corrected chi connectivity index (χ3v) is 2.75. The van der Waals surface area contributed by atoms with Gasteiger partial charge in [0.1, 0.15) is 6.54 Å². The number of esters is 1. The molecular weight excluding hydrogens is 214 g/mol. The highest BCUT2D eigenvalue weighted by atomic mass is 16.5. The number of ether oxygens (including phenoxy) is 1. The zero-order chi connectivity index (χ0) is 13.1. The Morgan fingerprint density at radius 3 is 2.53 bits per heavy atom. The Hall–Kier alpha value is -1.51. The van der Waals surface area contributed by atoms with Gasteiger partial charge in [-0.1, -0.05) is 32.9 Å². The minimum Gasteiger partial charge on any atom is -0.468 e. The number of hydrogen-bond acceptors (Lipinski definition) is 3. The van der Waals surface area contributed by atoms with Crippen molar-refractivity contribution in [1.29, 1.82) is 0 Å². The van der Waals surface area contributed by atoms with Crippen molar-refractivity contribution in [1.82, 2.24) is 0 Å². The third kappa shape index (κ3) is 3.77. The van der Waals surface area contributed by atoms with Crippen LogP contribution in [0.3, 0.4) is 0 Å². The zero-order valence-corrected chi connectivity index (χ0v) is 11.3. The molecule has 0 aliphatic rings. The number of methoxy groups -OCH3 is 1. The van der Waals surface area contributed by atoms with Crippen molar-refractivity contribution in [2.45, 2.75) is 33.1 Å². The second-order valence-electron chi connectivity index (χ2n) is 5.21. The van der Waals surface area contributed by atoms with E-state index in [9.17, 15) is 4.79 Å². The Bertz CT molecular complexity index is 405. The van der Waals surface area contributed by atoms with Crippen molar-refractivity contribution in [2.75, 3.05) is 19.0 Å². The topological polar surface area (TPSA) is 38.3 Å². The molecule has 0 saturated carbocycles. The van der Waals surface area contributed by atoms with Crippen molar-refractivity contribution in [3.05, 3.63) is 29.3 Å². The fourth-order valence-corrected chi connectivity index (χ4v) is 1.52. The van der Waals surface area contributed by atoms with E-state index in [1.54, 1.807) is 0 Å². The van der Waals surface area contributed by atoms with Gasteiger partial charge in [0.15, 0.2) is 0 Å². The molecule has 0 amide bonds. The monoisotopic (exact) mass is 235 g/mol. The highest BCUT2D eigenvalue weighted by molar-refractivity contribution is 5.75. The SMILES string of the molecule is COC(=O)CNc1cc(C(C)(C)C)ccc1C. The van der Waals surface area contributed by atoms with Gasteiger partial charge >= 0.3 is 5.97 Å². The summed E-state index contributed by atoms with van der Waals surface area (Å²) in [5.41, 5.74) is 3.47. The van der Waals surface area contributed by atoms with Crippen LogP contribution < -0.4 is 5.32 Å². The van der Waals surface area contributed by atoms with Gasteiger partial charge in [0.2, 0.25) is 0 Å². The minimum atomic E-state index is -0.259. The standard InChI is InChI=1S/C14H21NO2/c1-10-6-7-11(14(2,3)4)8-12(10)15-9-13(16)17-5/h6-8,15H,9H2,1-5H3. The number of benzene rings is 1. The molecular formula is C14H21NO2. The quantitative estimate of drug-likeness (QED) is 0.819. The predicted octanol–water partition coefficient (Wildman–Crippen LogP) is 2.88. The Morgan fingerprint density at radius 1 is 1.35 bits per heavy atom. The normalized spacial score (nSPS) is 11.1. The first kappa shape index (κ1) is 13.6. The van der Waals surface area contributed by atoms with Gasteiger partial charge in [-0.3, -0.25) is 4.79 Å². The largest absolute Gasteiger partial charge is 0.468 e. The van der Waals surface area contributed by atoms with Gasteiger partial charge < -0.3 is 10.1 Å².